The van der Waals surface area contributed by atoms with Crippen molar-refractivity contribution in [2.24, 2.45) is 0 Å². The number of amides is 1. The van der Waals surface area contributed by atoms with Crippen LogP contribution in [0, 0.1) is 13.8 Å². The Morgan fingerprint density at radius 1 is 1.33 bits per heavy atom. The highest BCUT2D eigenvalue weighted by Gasteiger charge is 2.20. The van der Waals surface area contributed by atoms with Crippen LogP contribution in [0.3, 0.4) is 0 Å². The average molecular weight is 345 g/mol. The summed E-state index contributed by atoms with van der Waals surface area (Å²) in [5, 5.41) is 3.60. The summed E-state index contributed by atoms with van der Waals surface area (Å²) in [6.45, 7) is 5.46. The van der Waals surface area contributed by atoms with Gasteiger partial charge in [0.15, 0.2) is 0 Å². The highest BCUT2D eigenvalue weighted by atomic mass is 35.5. The monoisotopic (exact) mass is 344 g/mol. The second-order valence-corrected chi connectivity index (χ2v) is 6.57. The van der Waals surface area contributed by atoms with E-state index in [9.17, 15) is 4.79 Å². The molecule has 1 unspecified atom stereocenters. The molecule has 1 N–H and O–H groups in total. The number of benzene rings is 1. The van der Waals surface area contributed by atoms with Crippen LogP contribution >= 0.6 is 35.0 Å². The Morgan fingerprint density at radius 2 is 1.95 bits per heavy atom. The first-order valence-corrected chi connectivity index (χ1v) is 7.87. The predicted molar refractivity (Wildman–Crippen MR) is 86.4 cm³/mol. The third kappa shape index (κ3) is 3.93. The van der Waals surface area contributed by atoms with Crippen LogP contribution in [-0.4, -0.2) is 16.1 Å². The minimum absolute atomic E-state index is 0.219. The SMILES string of the molecule is Cc1nc(SC(C)C(=O)Nc2c(Cl)cccc2Cl)oc1C. The quantitative estimate of drug-likeness (QED) is 0.815. The lowest BCUT2D eigenvalue weighted by molar-refractivity contribution is -0.115. The number of anilines is 1. The zero-order valence-corrected chi connectivity index (χ0v) is 14.1. The van der Waals surface area contributed by atoms with Crippen LogP contribution < -0.4 is 5.32 Å². The Bertz CT molecular complexity index is 633. The maximum atomic E-state index is 12.2. The van der Waals surface area contributed by atoms with Crippen LogP contribution in [-0.2, 0) is 4.79 Å². The van der Waals surface area contributed by atoms with Gasteiger partial charge in [-0.1, -0.05) is 41.0 Å². The van der Waals surface area contributed by atoms with E-state index in [1.807, 2.05) is 13.8 Å². The van der Waals surface area contributed by atoms with Gasteiger partial charge in [0.2, 0.25) is 5.91 Å². The van der Waals surface area contributed by atoms with Gasteiger partial charge < -0.3 is 9.73 Å². The second kappa shape index (κ2) is 6.73. The third-order valence-electron chi connectivity index (χ3n) is 2.87. The molecule has 0 aliphatic carbocycles. The first-order valence-electron chi connectivity index (χ1n) is 6.24. The van der Waals surface area contributed by atoms with E-state index >= 15 is 0 Å². The van der Waals surface area contributed by atoms with Gasteiger partial charge in [-0.05, 0) is 32.9 Å². The number of aryl methyl sites for hydroxylation is 2. The highest BCUT2D eigenvalue weighted by Crippen LogP contribution is 2.31. The molecule has 2 rings (SSSR count). The molecule has 0 spiro atoms. The summed E-state index contributed by atoms with van der Waals surface area (Å²) in [5.41, 5.74) is 1.23. The van der Waals surface area contributed by atoms with Crippen molar-refractivity contribution in [3.8, 4) is 0 Å². The molecule has 112 valence electrons. The maximum absolute atomic E-state index is 12.2. The average Bonchev–Trinajstić information content (AvgIpc) is 2.72. The van der Waals surface area contributed by atoms with Crippen molar-refractivity contribution < 1.29 is 9.21 Å². The summed E-state index contributed by atoms with van der Waals surface area (Å²) in [6, 6.07) is 5.06. The molecule has 0 bridgehead atoms. The van der Waals surface area contributed by atoms with E-state index in [4.69, 9.17) is 27.6 Å². The summed E-state index contributed by atoms with van der Waals surface area (Å²) in [7, 11) is 0. The number of carbonyl (C=O) groups is 1. The number of halogens is 2. The summed E-state index contributed by atoms with van der Waals surface area (Å²) < 4.78 is 5.45. The summed E-state index contributed by atoms with van der Waals surface area (Å²) >= 11 is 13.3. The summed E-state index contributed by atoms with van der Waals surface area (Å²) in [6.07, 6.45) is 0. The maximum Gasteiger partial charge on any atom is 0.256 e. The number of nitrogens with zero attached hydrogens (tertiary/aromatic N) is 1. The van der Waals surface area contributed by atoms with E-state index in [0.717, 1.165) is 11.5 Å². The molecule has 21 heavy (non-hydrogen) atoms. The molecule has 1 amide bonds. The lowest BCUT2D eigenvalue weighted by Crippen LogP contribution is -2.22. The molecule has 4 nitrogen and oxygen atoms in total. The van der Waals surface area contributed by atoms with Gasteiger partial charge in [0.1, 0.15) is 5.76 Å². The zero-order chi connectivity index (χ0) is 15.6. The number of hydrogen-bond donors (Lipinski definition) is 1. The largest absolute Gasteiger partial charge is 0.437 e. The van der Waals surface area contributed by atoms with Crippen molar-refractivity contribution in [3.05, 3.63) is 39.7 Å². The molecule has 2 aromatic rings. The second-order valence-electron chi connectivity index (χ2n) is 4.47. The Labute approximate surface area is 137 Å². The van der Waals surface area contributed by atoms with Crippen molar-refractivity contribution in [1.29, 1.82) is 0 Å². The summed E-state index contributed by atoms with van der Waals surface area (Å²) in [5.74, 6) is 0.530. The van der Waals surface area contributed by atoms with Gasteiger partial charge >= 0.3 is 0 Å². The van der Waals surface area contributed by atoms with Gasteiger partial charge in [-0.25, -0.2) is 4.98 Å². The minimum atomic E-state index is -0.394. The molecule has 0 aliphatic heterocycles. The molecular weight excluding hydrogens is 331 g/mol. The van der Waals surface area contributed by atoms with Gasteiger partial charge in [-0.2, -0.15) is 0 Å². The third-order valence-corrected chi connectivity index (χ3v) is 4.44. The van der Waals surface area contributed by atoms with E-state index in [1.165, 1.54) is 11.8 Å². The Balaban J connectivity index is 2.06. The van der Waals surface area contributed by atoms with Crippen LogP contribution in [0.15, 0.2) is 27.8 Å². The molecule has 1 aromatic carbocycles. The number of thioether (sulfide) groups is 1. The van der Waals surface area contributed by atoms with Crippen LogP contribution in [0.5, 0.6) is 0 Å². The number of carbonyl (C=O) groups excluding carboxylic acids is 1. The number of aromatic nitrogens is 1. The fraction of sp³-hybridized carbons (Fsp3) is 0.286. The van der Waals surface area contributed by atoms with Crippen molar-refractivity contribution in [2.45, 2.75) is 31.2 Å². The molecule has 1 aromatic heterocycles. The van der Waals surface area contributed by atoms with Gasteiger partial charge in [0, 0.05) is 0 Å². The van der Waals surface area contributed by atoms with Crippen LogP contribution in [0.25, 0.3) is 0 Å². The first kappa shape index (κ1) is 16.2. The van der Waals surface area contributed by atoms with Crippen LogP contribution in [0.2, 0.25) is 10.0 Å². The zero-order valence-electron chi connectivity index (χ0n) is 11.7. The molecule has 0 radical (unpaired) electrons. The Kier molecular flexibility index (Phi) is 5.19. The lowest BCUT2D eigenvalue weighted by Gasteiger charge is -2.12. The van der Waals surface area contributed by atoms with Crippen LogP contribution in [0.4, 0.5) is 5.69 Å². The van der Waals surface area contributed by atoms with Crippen molar-refractivity contribution >= 4 is 46.6 Å². The highest BCUT2D eigenvalue weighted by molar-refractivity contribution is 8.00. The molecule has 1 atom stereocenters. The van der Waals surface area contributed by atoms with Gasteiger partial charge in [0.25, 0.3) is 5.22 Å². The Morgan fingerprint density at radius 3 is 2.48 bits per heavy atom. The molecule has 0 aliphatic rings. The first-order chi connectivity index (χ1) is 9.88. The standard InChI is InChI=1S/C14H14Cl2N2O2S/c1-7-8(2)20-14(17-7)21-9(3)13(19)18-12-10(15)5-4-6-11(12)16/h4-6,9H,1-3H3,(H,18,19). The number of para-hydroxylation sites is 1. The molecule has 0 saturated heterocycles. The van der Waals surface area contributed by atoms with E-state index in [0.29, 0.717) is 21.0 Å². The van der Waals surface area contributed by atoms with Crippen molar-refractivity contribution in [2.75, 3.05) is 5.32 Å². The van der Waals surface area contributed by atoms with E-state index in [2.05, 4.69) is 10.3 Å². The molecule has 1 heterocycles. The van der Waals surface area contributed by atoms with Gasteiger partial charge in [-0.15, -0.1) is 0 Å². The molecule has 0 fully saturated rings. The lowest BCUT2D eigenvalue weighted by atomic mass is 10.3. The molecule has 7 heteroatoms. The van der Waals surface area contributed by atoms with Gasteiger partial charge in [0.05, 0.1) is 26.7 Å². The van der Waals surface area contributed by atoms with E-state index < -0.39 is 5.25 Å². The predicted octanol–water partition coefficient (Wildman–Crippen LogP) is 4.72. The molecule has 0 saturated carbocycles. The van der Waals surface area contributed by atoms with E-state index in [-0.39, 0.29) is 5.91 Å². The fourth-order valence-electron chi connectivity index (χ4n) is 1.54. The normalized spacial score (nSPS) is 12.2. The van der Waals surface area contributed by atoms with Gasteiger partial charge in [-0.3, -0.25) is 4.79 Å². The molecular formula is C14H14Cl2N2O2S. The number of hydrogen-bond acceptors (Lipinski definition) is 4. The van der Waals surface area contributed by atoms with Crippen molar-refractivity contribution in [3.63, 3.8) is 0 Å². The topological polar surface area (TPSA) is 55.1 Å². The smallest absolute Gasteiger partial charge is 0.256 e. The van der Waals surface area contributed by atoms with E-state index in [1.54, 1.807) is 25.1 Å². The van der Waals surface area contributed by atoms with Crippen LogP contribution in [0.1, 0.15) is 18.4 Å². The minimum Gasteiger partial charge on any atom is -0.437 e. The number of oxazole rings is 1. The number of rotatable bonds is 4. The van der Waals surface area contributed by atoms with Crippen molar-refractivity contribution in [1.82, 2.24) is 4.98 Å². The Hall–Kier alpha value is -1.17. The fourth-order valence-corrected chi connectivity index (χ4v) is 2.86. The summed E-state index contributed by atoms with van der Waals surface area (Å²) in [4.78, 5) is 16.4. The number of nitrogens with one attached hydrogen (secondary N) is 1.